The van der Waals surface area contributed by atoms with E-state index in [9.17, 15) is 19.5 Å². The minimum Gasteiger partial charge on any atom is -0.481 e. The molecule has 2 N–H and O–H groups in total. The van der Waals surface area contributed by atoms with Gasteiger partial charge in [-0.2, -0.15) is 0 Å². The van der Waals surface area contributed by atoms with Crippen LogP contribution >= 0.6 is 0 Å². The van der Waals surface area contributed by atoms with Crippen LogP contribution < -0.4 is 5.32 Å². The van der Waals surface area contributed by atoms with Crippen LogP contribution in [-0.2, 0) is 20.9 Å². The van der Waals surface area contributed by atoms with Crippen molar-refractivity contribution in [2.75, 3.05) is 13.2 Å². The minimum absolute atomic E-state index is 0.0397. The SMILES string of the molecule is O=C(O)CCN(Cc1ccccc1)C(=O)CC(NC(=O)OCC1c2ccccc2-c2ccccc21)C1CCCC1. The van der Waals surface area contributed by atoms with Crippen LogP contribution in [-0.4, -0.2) is 47.2 Å². The normalized spacial score (nSPS) is 15.2. The molecule has 1 atom stereocenters. The van der Waals surface area contributed by atoms with Crippen molar-refractivity contribution < 1.29 is 24.2 Å². The maximum Gasteiger partial charge on any atom is 0.407 e. The zero-order valence-electron chi connectivity index (χ0n) is 22.6. The van der Waals surface area contributed by atoms with Crippen LogP contribution in [0.5, 0.6) is 0 Å². The molecular weight excluding hydrogens is 504 g/mol. The lowest BCUT2D eigenvalue weighted by molar-refractivity contribution is -0.139. The van der Waals surface area contributed by atoms with E-state index >= 15 is 0 Å². The highest BCUT2D eigenvalue weighted by Gasteiger charge is 2.32. The van der Waals surface area contributed by atoms with Gasteiger partial charge in [-0.1, -0.05) is 91.7 Å². The van der Waals surface area contributed by atoms with Crippen molar-refractivity contribution >= 4 is 18.0 Å². The number of nitrogens with zero attached hydrogens (tertiary/aromatic N) is 1. The third-order valence-electron chi connectivity index (χ3n) is 8.17. The topological polar surface area (TPSA) is 95.9 Å². The highest BCUT2D eigenvalue weighted by atomic mass is 16.5. The molecule has 1 saturated carbocycles. The molecule has 2 aliphatic carbocycles. The second kappa shape index (κ2) is 12.8. The largest absolute Gasteiger partial charge is 0.481 e. The number of carboxylic acid groups (broad SMARTS) is 1. The molecule has 0 heterocycles. The highest BCUT2D eigenvalue weighted by molar-refractivity contribution is 5.80. The number of amides is 2. The molecule has 3 aromatic carbocycles. The van der Waals surface area contributed by atoms with Crippen LogP contribution in [0.4, 0.5) is 4.79 Å². The van der Waals surface area contributed by atoms with Crippen LogP contribution in [0.25, 0.3) is 11.1 Å². The molecule has 0 radical (unpaired) electrons. The van der Waals surface area contributed by atoms with Crippen molar-refractivity contribution in [1.29, 1.82) is 0 Å². The molecule has 0 bridgehead atoms. The third kappa shape index (κ3) is 6.53. The summed E-state index contributed by atoms with van der Waals surface area (Å²) in [5.41, 5.74) is 5.56. The van der Waals surface area contributed by atoms with Crippen molar-refractivity contribution in [2.24, 2.45) is 5.92 Å². The quantitative estimate of drug-likeness (QED) is 0.312. The van der Waals surface area contributed by atoms with Gasteiger partial charge in [0.05, 0.1) is 6.42 Å². The van der Waals surface area contributed by atoms with Crippen molar-refractivity contribution in [3.05, 3.63) is 95.6 Å². The van der Waals surface area contributed by atoms with Crippen LogP contribution in [0.3, 0.4) is 0 Å². The number of carboxylic acids is 1. The van der Waals surface area contributed by atoms with Gasteiger partial charge < -0.3 is 20.1 Å². The Morgan fingerprint density at radius 3 is 2.10 bits per heavy atom. The molecule has 1 fully saturated rings. The molecule has 40 heavy (non-hydrogen) atoms. The zero-order valence-corrected chi connectivity index (χ0v) is 22.6. The maximum absolute atomic E-state index is 13.5. The number of hydrogen-bond donors (Lipinski definition) is 2. The smallest absolute Gasteiger partial charge is 0.407 e. The van der Waals surface area contributed by atoms with E-state index in [1.807, 2.05) is 54.6 Å². The molecule has 1 unspecified atom stereocenters. The van der Waals surface area contributed by atoms with Gasteiger partial charge in [0.1, 0.15) is 6.61 Å². The summed E-state index contributed by atoms with van der Waals surface area (Å²) in [6.45, 7) is 0.657. The first-order valence-corrected chi connectivity index (χ1v) is 14.1. The summed E-state index contributed by atoms with van der Waals surface area (Å²) in [6, 6.07) is 25.6. The Bertz CT molecular complexity index is 1290. The van der Waals surface area contributed by atoms with Crippen LogP contribution in [0, 0.1) is 5.92 Å². The molecule has 7 heteroatoms. The van der Waals surface area contributed by atoms with Crippen LogP contribution in [0.2, 0.25) is 0 Å². The van der Waals surface area contributed by atoms with Gasteiger partial charge in [0, 0.05) is 31.5 Å². The van der Waals surface area contributed by atoms with Crippen molar-refractivity contribution in [3.63, 3.8) is 0 Å². The van der Waals surface area contributed by atoms with Gasteiger partial charge in [0.2, 0.25) is 5.91 Å². The van der Waals surface area contributed by atoms with Crippen LogP contribution in [0.15, 0.2) is 78.9 Å². The molecule has 5 rings (SSSR count). The molecular formula is C33H36N2O5. The van der Waals surface area contributed by atoms with Gasteiger partial charge in [-0.05, 0) is 46.6 Å². The second-order valence-electron chi connectivity index (χ2n) is 10.8. The van der Waals surface area contributed by atoms with Gasteiger partial charge in [0.25, 0.3) is 0 Å². The lowest BCUT2D eigenvalue weighted by Gasteiger charge is -2.28. The van der Waals surface area contributed by atoms with Gasteiger partial charge >= 0.3 is 12.1 Å². The summed E-state index contributed by atoms with van der Waals surface area (Å²) in [5, 5.41) is 12.3. The van der Waals surface area contributed by atoms with Crippen molar-refractivity contribution in [3.8, 4) is 11.1 Å². The monoisotopic (exact) mass is 540 g/mol. The standard InChI is InChI=1S/C33H36N2O5/c36-31(35(19-18-32(37)38)21-23-10-2-1-3-11-23)20-30(24-12-4-5-13-24)34-33(39)40-22-29-27-16-8-6-14-25(27)26-15-7-9-17-28(26)29/h1-3,6-11,14-17,24,29-30H,4-5,12-13,18-22H2,(H,34,39)(H,37,38). The van der Waals surface area contributed by atoms with Gasteiger partial charge in [-0.25, -0.2) is 4.79 Å². The first-order chi connectivity index (χ1) is 19.5. The number of nitrogens with one attached hydrogen (secondary N) is 1. The number of aliphatic carboxylic acids is 1. The van der Waals surface area contributed by atoms with E-state index in [4.69, 9.17) is 4.74 Å². The number of ether oxygens (including phenoxy) is 1. The summed E-state index contributed by atoms with van der Waals surface area (Å²) >= 11 is 0. The maximum atomic E-state index is 13.5. The van der Waals surface area contributed by atoms with Crippen molar-refractivity contribution in [2.45, 2.75) is 57.0 Å². The molecule has 208 valence electrons. The Kier molecular flexibility index (Phi) is 8.79. The highest BCUT2D eigenvalue weighted by Crippen LogP contribution is 2.44. The summed E-state index contributed by atoms with van der Waals surface area (Å²) in [6.07, 6.45) is 3.47. The summed E-state index contributed by atoms with van der Waals surface area (Å²) in [4.78, 5) is 39.5. The summed E-state index contributed by atoms with van der Waals surface area (Å²) in [7, 11) is 0. The second-order valence-corrected chi connectivity index (χ2v) is 10.8. The molecule has 0 aliphatic heterocycles. The van der Waals surface area contributed by atoms with Crippen molar-refractivity contribution in [1.82, 2.24) is 10.2 Å². The molecule has 7 nitrogen and oxygen atoms in total. The minimum atomic E-state index is -0.949. The van der Waals surface area contributed by atoms with E-state index in [0.717, 1.165) is 42.4 Å². The van der Waals surface area contributed by atoms with Gasteiger partial charge in [0.15, 0.2) is 0 Å². The molecule has 0 spiro atoms. The summed E-state index contributed by atoms with van der Waals surface area (Å²) in [5.74, 6) is -0.972. The molecule has 3 aromatic rings. The van der Waals surface area contributed by atoms with E-state index in [1.54, 1.807) is 4.90 Å². The lowest BCUT2D eigenvalue weighted by Crippen LogP contribution is -2.44. The number of hydrogen-bond acceptors (Lipinski definition) is 4. The number of alkyl carbamates (subject to hydrolysis) is 1. The Labute approximate surface area is 235 Å². The first kappa shape index (κ1) is 27.4. The number of carbonyl (C=O) groups excluding carboxylic acids is 2. The predicted molar refractivity (Wildman–Crippen MR) is 153 cm³/mol. The predicted octanol–water partition coefficient (Wildman–Crippen LogP) is 5.98. The Morgan fingerprint density at radius 1 is 0.875 bits per heavy atom. The first-order valence-electron chi connectivity index (χ1n) is 14.1. The Hall–Kier alpha value is -4.13. The van der Waals surface area contributed by atoms with E-state index < -0.39 is 12.1 Å². The fourth-order valence-electron chi connectivity index (χ4n) is 6.13. The van der Waals surface area contributed by atoms with E-state index in [0.29, 0.717) is 6.54 Å². The van der Waals surface area contributed by atoms with E-state index in [2.05, 4.69) is 29.6 Å². The fraction of sp³-hybridized carbons (Fsp3) is 0.364. The van der Waals surface area contributed by atoms with E-state index in [1.165, 1.54) is 11.1 Å². The van der Waals surface area contributed by atoms with Gasteiger partial charge in [-0.3, -0.25) is 9.59 Å². The Balaban J connectivity index is 1.25. The fourth-order valence-corrected chi connectivity index (χ4v) is 6.13. The third-order valence-corrected chi connectivity index (χ3v) is 8.17. The molecule has 2 amide bonds. The van der Waals surface area contributed by atoms with Crippen LogP contribution in [0.1, 0.15) is 61.1 Å². The van der Waals surface area contributed by atoms with E-state index in [-0.39, 0.29) is 49.8 Å². The zero-order chi connectivity index (χ0) is 27.9. The average molecular weight is 541 g/mol. The molecule has 2 aliphatic rings. The number of rotatable bonds is 11. The lowest BCUT2D eigenvalue weighted by atomic mass is 9.94. The molecule has 0 aromatic heterocycles. The molecule has 0 saturated heterocycles. The summed E-state index contributed by atoms with van der Waals surface area (Å²) < 4.78 is 5.79. The number of benzene rings is 3. The number of carbonyl (C=O) groups is 3. The Morgan fingerprint density at radius 2 is 1.48 bits per heavy atom. The number of fused-ring (bicyclic) bond motifs is 3. The van der Waals surface area contributed by atoms with Gasteiger partial charge in [-0.15, -0.1) is 0 Å². The average Bonchev–Trinajstić information content (AvgIpc) is 3.61.